The van der Waals surface area contributed by atoms with Gasteiger partial charge in [-0.05, 0) is 22.7 Å². The zero-order valence-corrected chi connectivity index (χ0v) is 20.5. The Kier molecular flexibility index (Phi) is 6.76. The molecule has 0 radical (unpaired) electrons. The van der Waals surface area contributed by atoms with Gasteiger partial charge in [0.2, 0.25) is 17.7 Å². The van der Waals surface area contributed by atoms with Crippen LogP contribution in [-0.4, -0.2) is 83.4 Å². The number of rotatable bonds is 6. The Balaban J connectivity index is 1.81. The third-order valence-corrected chi connectivity index (χ3v) is 7.15. The van der Waals surface area contributed by atoms with E-state index in [2.05, 4.69) is 10.6 Å². The highest BCUT2D eigenvalue weighted by molar-refractivity contribution is 6.02. The van der Waals surface area contributed by atoms with Gasteiger partial charge in [0.1, 0.15) is 24.7 Å². The number of fused-ring (bicyclic) bond motifs is 1. The second-order valence-electron chi connectivity index (χ2n) is 11.1. The van der Waals surface area contributed by atoms with E-state index in [1.54, 1.807) is 5.32 Å². The quantitative estimate of drug-likeness (QED) is 0.429. The van der Waals surface area contributed by atoms with E-state index in [9.17, 15) is 42.4 Å². The maximum atomic E-state index is 13.5. The number of nitrogens with zero attached hydrogens (tertiary/aromatic N) is 3. The third kappa shape index (κ3) is 5.10. The van der Waals surface area contributed by atoms with Crippen LogP contribution >= 0.6 is 0 Å². The average molecular weight is 515 g/mol. The van der Waals surface area contributed by atoms with Gasteiger partial charge in [0, 0.05) is 6.54 Å². The molecule has 14 heteroatoms. The molecule has 0 aromatic rings. The Morgan fingerprint density at radius 1 is 1.19 bits per heavy atom. The van der Waals surface area contributed by atoms with Crippen LogP contribution in [0.2, 0.25) is 0 Å². The van der Waals surface area contributed by atoms with Crippen LogP contribution in [0, 0.1) is 34.0 Å². The van der Waals surface area contributed by atoms with E-state index in [4.69, 9.17) is 0 Å². The number of urea groups is 1. The highest BCUT2D eigenvalue weighted by atomic mass is 19.4. The van der Waals surface area contributed by atoms with Crippen molar-refractivity contribution in [3.63, 3.8) is 0 Å². The number of carbonyl (C=O) groups is 5. The fourth-order valence-corrected chi connectivity index (χ4v) is 5.07. The molecule has 11 nitrogen and oxygen atoms in total. The van der Waals surface area contributed by atoms with E-state index in [-0.39, 0.29) is 36.9 Å². The average Bonchev–Trinajstić information content (AvgIpc) is 3.06. The van der Waals surface area contributed by atoms with Crippen molar-refractivity contribution in [2.75, 3.05) is 19.6 Å². The predicted octanol–water partition coefficient (Wildman–Crippen LogP) is 0.123. The number of halogens is 3. The molecule has 0 spiro atoms. The van der Waals surface area contributed by atoms with Gasteiger partial charge in [0.25, 0.3) is 0 Å². The first-order valence-electron chi connectivity index (χ1n) is 11.4. The summed E-state index contributed by atoms with van der Waals surface area (Å²) >= 11 is 0. The van der Waals surface area contributed by atoms with Crippen LogP contribution < -0.4 is 16.0 Å². The van der Waals surface area contributed by atoms with E-state index < -0.39 is 59.4 Å². The van der Waals surface area contributed by atoms with Gasteiger partial charge in [-0.25, -0.2) is 4.79 Å². The Morgan fingerprint density at radius 2 is 1.81 bits per heavy atom. The lowest BCUT2D eigenvalue weighted by atomic mass is 9.85. The lowest BCUT2D eigenvalue weighted by Crippen LogP contribution is -2.61. The Hall–Kier alpha value is -3.37. The van der Waals surface area contributed by atoms with Gasteiger partial charge in [-0.3, -0.25) is 24.5 Å². The van der Waals surface area contributed by atoms with E-state index in [1.807, 2.05) is 19.9 Å². The minimum atomic E-state index is -5.20. The van der Waals surface area contributed by atoms with E-state index in [0.29, 0.717) is 0 Å². The first-order valence-corrected chi connectivity index (χ1v) is 11.4. The SMILES string of the molecule is CC(C)(C)[C@H](NC(=O)C(F)(F)F)C(=O)N1C[C@H]2[C@@H]([C@H]1C(=O)N[C@H](C#N)CN1CC(=O)NC1=O)C2(C)C. The fourth-order valence-electron chi connectivity index (χ4n) is 5.07. The van der Waals surface area contributed by atoms with Crippen LogP contribution in [0.25, 0.3) is 0 Å². The summed E-state index contributed by atoms with van der Waals surface area (Å²) in [5.41, 5.74) is -1.43. The van der Waals surface area contributed by atoms with Crippen molar-refractivity contribution in [1.82, 2.24) is 25.8 Å². The molecule has 198 valence electrons. The van der Waals surface area contributed by atoms with Gasteiger partial charge in [-0.15, -0.1) is 0 Å². The lowest BCUT2D eigenvalue weighted by molar-refractivity contribution is -0.176. The molecule has 3 rings (SSSR count). The Bertz CT molecular complexity index is 1030. The highest BCUT2D eigenvalue weighted by Crippen LogP contribution is 2.65. The zero-order chi connectivity index (χ0) is 27.4. The van der Waals surface area contributed by atoms with Crippen molar-refractivity contribution in [2.24, 2.45) is 22.7 Å². The van der Waals surface area contributed by atoms with Crippen molar-refractivity contribution in [1.29, 1.82) is 5.26 Å². The molecule has 2 heterocycles. The van der Waals surface area contributed by atoms with Gasteiger partial charge < -0.3 is 20.4 Å². The summed E-state index contributed by atoms with van der Waals surface area (Å²) in [4.78, 5) is 63.8. The molecule has 3 fully saturated rings. The number of piperidine rings is 1. The van der Waals surface area contributed by atoms with Gasteiger partial charge in [-0.2, -0.15) is 18.4 Å². The highest BCUT2D eigenvalue weighted by Gasteiger charge is 2.70. The second kappa shape index (κ2) is 8.94. The summed E-state index contributed by atoms with van der Waals surface area (Å²) in [5, 5.41) is 15.8. The molecule has 1 aliphatic carbocycles. The van der Waals surface area contributed by atoms with Gasteiger partial charge in [-0.1, -0.05) is 34.6 Å². The first-order chi connectivity index (χ1) is 16.4. The maximum Gasteiger partial charge on any atom is 0.471 e. The van der Waals surface area contributed by atoms with Gasteiger partial charge in [0.15, 0.2) is 0 Å². The van der Waals surface area contributed by atoms with Crippen LogP contribution in [0.4, 0.5) is 18.0 Å². The largest absolute Gasteiger partial charge is 0.471 e. The van der Waals surface area contributed by atoms with E-state index in [0.717, 1.165) is 4.90 Å². The lowest BCUT2D eigenvalue weighted by Gasteiger charge is -2.37. The minimum absolute atomic E-state index is 0.0985. The molecule has 0 aromatic heterocycles. The first kappa shape index (κ1) is 27.2. The van der Waals surface area contributed by atoms with Crippen LogP contribution in [0.1, 0.15) is 34.6 Å². The summed E-state index contributed by atoms with van der Waals surface area (Å²) in [7, 11) is 0. The van der Waals surface area contributed by atoms with Crippen molar-refractivity contribution >= 4 is 29.7 Å². The summed E-state index contributed by atoms with van der Waals surface area (Å²) in [5.74, 6) is -4.75. The predicted molar refractivity (Wildman–Crippen MR) is 116 cm³/mol. The number of likely N-dealkylation sites (tertiary alicyclic amines) is 1. The zero-order valence-electron chi connectivity index (χ0n) is 20.5. The molecular weight excluding hydrogens is 485 g/mol. The molecule has 0 bridgehead atoms. The van der Waals surface area contributed by atoms with Crippen LogP contribution in [0.15, 0.2) is 0 Å². The maximum absolute atomic E-state index is 13.5. The summed E-state index contributed by atoms with van der Waals surface area (Å²) in [6.45, 7) is 7.85. The molecule has 5 atom stereocenters. The standard InChI is InChI=1S/C22H29F3N6O5/c1-20(2,3)15(29-18(35)22(23,24)25)17(34)31-8-11-13(21(11,4)5)14(31)16(33)27-10(6-26)7-30-9-12(32)28-19(30)36/h10-11,13-15H,7-9H2,1-5H3,(H,27,33)(H,29,35)(H,28,32,36)/t10-,11+,13+,14+,15-/m1/s1. The summed E-state index contributed by atoms with van der Waals surface area (Å²) < 4.78 is 38.8. The minimum Gasteiger partial charge on any atom is -0.337 e. The molecule has 2 saturated heterocycles. The van der Waals surface area contributed by atoms with Crippen LogP contribution in [-0.2, 0) is 19.2 Å². The molecule has 6 amide bonds. The summed E-state index contributed by atoms with van der Waals surface area (Å²) in [6.07, 6.45) is -5.20. The van der Waals surface area contributed by atoms with Crippen molar-refractivity contribution < 1.29 is 37.1 Å². The molecule has 1 saturated carbocycles. The molecule has 3 N–H and O–H groups in total. The number of nitrogens with one attached hydrogen (secondary N) is 3. The number of amides is 6. The summed E-state index contributed by atoms with van der Waals surface area (Å²) in [6, 6.07) is -2.70. The molecular formula is C22H29F3N6O5. The normalized spacial score (nSPS) is 26.5. The molecule has 36 heavy (non-hydrogen) atoms. The Labute approximate surface area is 205 Å². The molecule has 3 aliphatic rings. The second-order valence-corrected chi connectivity index (χ2v) is 11.1. The third-order valence-electron chi connectivity index (χ3n) is 7.15. The number of imide groups is 1. The van der Waals surface area contributed by atoms with Gasteiger partial charge in [0.05, 0.1) is 12.6 Å². The number of carbonyl (C=O) groups excluding carboxylic acids is 5. The number of hydrogen-bond acceptors (Lipinski definition) is 6. The van der Waals surface area contributed by atoms with Crippen molar-refractivity contribution in [2.45, 2.75) is 58.9 Å². The van der Waals surface area contributed by atoms with Gasteiger partial charge >= 0.3 is 18.1 Å². The molecule has 2 aliphatic heterocycles. The fraction of sp³-hybridized carbons (Fsp3) is 0.727. The van der Waals surface area contributed by atoms with E-state index in [1.165, 1.54) is 25.7 Å². The monoisotopic (exact) mass is 514 g/mol. The van der Waals surface area contributed by atoms with Crippen molar-refractivity contribution in [3.8, 4) is 6.07 Å². The Morgan fingerprint density at radius 3 is 2.28 bits per heavy atom. The molecule has 0 aromatic carbocycles. The number of alkyl halides is 3. The number of nitriles is 1. The van der Waals surface area contributed by atoms with Crippen LogP contribution in [0.5, 0.6) is 0 Å². The number of hydrogen-bond donors (Lipinski definition) is 3. The van der Waals surface area contributed by atoms with Crippen LogP contribution in [0.3, 0.4) is 0 Å². The van der Waals surface area contributed by atoms with E-state index >= 15 is 0 Å². The van der Waals surface area contributed by atoms with Crippen molar-refractivity contribution in [3.05, 3.63) is 0 Å². The topological polar surface area (TPSA) is 152 Å². The smallest absolute Gasteiger partial charge is 0.337 e. The molecule has 0 unspecified atom stereocenters.